The molecule has 0 N–H and O–H groups in total. The minimum absolute atomic E-state index is 0.104. The van der Waals surface area contributed by atoms with Gasteiger partial charge in [-0.1, -0.05) is 0 Å². The summed E-state index contributed by atoms with van der Waals surface area (Å²) in [5, 5.41) is 2.69. The van der Waals surface area contributed by atoms with Crippen molar-refractivity contribution < 1.29 is 9.53 Å². The number of thiazole rings is 1. The molecule has 0 aliphatic carbocycles. The Kier molecular flexibility index (Phi) is 5.29. The normalized spacial score (nSPS) is 16.4. The summed E-state index contributed by atoms with van der Waals surface area (Å²) in [6.45, 7) is 5.01. The molecule has 4 rings (SSSR count). The van der Waals surface area contributed by atoms with E-state index in [9.17, 15) is 4.79 Å². The first-order valence-corrected chi connectivity index (χ1v) is 10.2. The number of hydrogen-bond acceptors (Lipinski definition) is 8. The molecule has 0 saturated carbocycles. The molecule has 144 valence electrons. The molecule has 3 aromatic heterocycles. The molecule has 1 atom stereocenters. The van der Waals surface area contributed by atoms with Crippen LogP contribution >= 0.6 is 11.3 Å². The minimum atomic E-state index is -0.368. The number of aryl methyl sites for hydroxylation is 1. The predicted molar refractivity (Wildman–Crippen MR) is 107 cm³/mol. The van der Waals surface area contributed by atoms with E-state index in [1.807, 2.05) is 25.1 Å². The molecule has 28 heavy (non-hydrogen) atoms. The van der Waals surface area contributed by atoms with Gasteiger partial charge in [0.25, 0.3) is 0 Å². The van der Waals surface area contributed by atoms with Crippen LogP contribution in [0.4, 0.5) is 5.82 Å². The topological polar surface area (TPSA) is 81.1 Å². The second-order valence-corrected chi connectivity index (χ2v) is 7.46. The third-order valence-corrected chi connectivity index (χ3v) is 5.56. The highest BCUT2D eigenvalue weighted by atomic mass is 32.1. The lowest BCUT2D eigenvalue weighted by Gasteiger charge is -2.24. The van der Waals surface area contributed by atoms with Gasteiger partial charge < -0.3 is 9.64 Å². The van der Waals surface area contributed by atoms with Crippen molar-refractivity contribution in [2.75, 3.05) is 18.1 Å². The molecule has 0 amide bonds. The standard InChI is InChI=1S/C20H21N5O2S/c1-3-27-20(26)15-12-28-19(23-15)16-5-4-10-25(16)17-11-13(2)22-18(24-17)14-6-8-21-9-7-14/h6-9,11-12,16H,3-5,10H2,1-2H3. The summed E-state index contributed by atoms with van der Waals surface area (Å²) in [6, 6.07) is 5.93. The SMILES string of the molecule is CCOC(=O)c1csc(C2CCCN2c2cc(C)nc(-c3ccncc3)n2)n1. The monoisotopic (exact) mass is 395 g/mol. The van der Waals surface area contributed by atoms with E-state index in [1.54, 1.807) is 24.7 Å². The van der Waals surface area contributed by atoms with Gasteiger partial charge in [-0.2, -0.15) is 0 Å². The molecule has 1 unspecified atom stereocenters. The number of nitrogens with zero attached hydrogens (tertiary/aromatic N) is 5. The first kappa shape index (κ1) is 18.5. The number of anilines is 1. The number of hydrogen-bond donors (Lipinski definition) is 0. The van der Waals surface area contributed by atoms with Crippen molar-refractivity contribution in [1.82, 2.24) is 19.9 Å². The molecule has 7 nitrogen and oxygen atoms in total. The van der Waals surface area contributed by atoms with Gasteiger partial charge in [-0.05, 0) is 38.8 Å². The van der Waals surface area contributed by atoms with Crippen LogP contribution in [0.15, 0.2) is 36.0 Å². The summed E-state index contributed by atoms with van der Waals surface area (Å²) in [5.41, 5.74) is 2.23. The van der Waals surface area contributed by atoms with Crippen LogP contribution in [0.1, 0.15) is 47.0 Å². The molecule has 1 saturated heterocycles. The van der Waals surface area contributed by atoms with Gasteiger partial charge in [0.15, 0.2) is 11.5 Å². The summed E-state index contributed by atoms with van der Waals surface area (Å²) in [5.74, 6) is 1.21. The smallest absolute Gasteiger partial charge is 0.357 e. The molecule has 1 aliphatic heterocycles. The number of carbonyl (C=O) groups is 1. The zero-order valence-electron chi connectivity index (χ0n) is 15.8. The van der Waals surface area contributed by atoms with Gasteiger partial charge in [0.05, 0.1) is 12.6 Å². The number of esters is 1. The second kappa shape index (κ2) is 8.02. The maximum atomic E-state index is 12.0. The van der Waals surface area contributed by atoms with Crippen LogP contribution in [0.25, 0.3) is 11.4 Å². The quantitative estimate of drug-likeness (QED) is 0.607. The Morgan fingerprint density at radius 1 is 1.29 bits per heavy atom. The first-order valence-electron chi connectivity index (χ1n) is 9.31. The van der Waals surface area contributed by atoms with Gasteiger partial charge in [-0.15, -0.1) is 11.3 Å². The van der Waals surface area contributed by atoms with Gasteiger partial charge in [-0.3, -0.25) is 4.98 Å². The zero-order chi connectivity index (χ0) is 19.5. The Hall–Kier alpha value is -2.87. The molecule has 0 bridgehead atoms. The van der Waals surface area contributed by atoms with Crippen LogP contribution in [-0.4, -0.2) is 39.1 Å². The van der Waals surface area contributed by atoms with Crippen molar-refractivity contribution in [2.24, 2.45) is 0 Å². The molecule has 0 spiro atoms. The first-order chi connectivity index (χ1) is 13.7. The van der Waals surface area contributed by atoms with E-state index in [0.29, 0.717) is 18.1 Å². The maximum Gasteiger partial charge on any atom is 0.357 e. The minimum Gasteiger partial charge on any atom is -0.461 e. The van der Waals surface area contributed by atoms with E-state index in [0.717, 1.165) is 41.5 Å². The van der Waals surface area contributed by atoms with E-state index in [-0.39, 0.29) is 12.0 Å². The van der Waals surface area contributed by atoms with Crippen LogP contribution < -0.4 is 4.90 Å². The van der Waals surface area contributed by atoms with E-state index >= 15 is 0 Å². The molecule has 8 heteroatoms. The molecule has 0 aromatic carbocycles. The molecular formula is C20H21N5O2S. The lowest BCUT2D eigenvalue weighted by atomic mass is 10.2. The van der Waals surface area contributed by atoms with Crippen molar-refractivity contribution in [3.8, 4) is 11.4 Å². The molecule has 0 radical (unpaired) electrons. The van der Waals surface area contributed by atoms with Crippen molar-refractivity contribution in [3.63, 3.8) is 0 Å². The predicted octanol–water partition coefficient (Wildman–Crippen LogP) is 3.82. The lowest BCUT2D eigenvalue weighted by Crippen LogP contribution is -2.24. The summed E-state index contributed by atoms with van der Waals surface area (Å²) < 4.78 is 5.06. The number of rotatable bonds is 5. The van der Waals surface area contributed by atoms with Crippen LogP contribution in [0, 0.1) is 6.92 Å². The van der Waals surface area contributed by atoms with Crippen molar-refractivity contribution in [3.05, 3.63) is 52.4 Å². The Labute approximate surface area is 167 Å². The van der Waals surface area contributed by atoms with Crippen LogP contribution in [0.3, 0.4) is 0 Å². The van der Waals surface area contributed by atoms with E-state index in [1.165, 1.54) is 11.3 Å². The summed E-state index contributed by atoms with van der Waals surface area (Å²) in [4.78, 5) is 32.2. The molecule has 1 fully saturated rings. The summed E-state index contributed by atoms with van der Waals surface area (Å²) >= 11 is 1.50. The molecule has 1 aliphatic rings. The fourth-order valence-corrected chi connectivity index (χ4v) is 4.30. The fourth-order valence-electron chi connectivity index (χ4n) is 3.37. The number of aromatic nitrogens is 4. The van der Waals surface area contributed by atoms with Gasteiger partial charge in [0.2, 0.25) is 0 Å². The fraction of sp³-hybridized carbons (Fsp3) is 0.350. The van der Waals surface area contributed by atoms with E-state index < -0.39 is 0 Å². The number of pyridine rings is 1. The highest BCUT2D eigenvalue weighted by molar-refractivity contribution is 7.10. The van der Waals surface area contributed by atoms with Crippen LogP contribution in [0.5, 0.6) is 0 Å². The largest absolute Gasteiger partial charge is 0.461 e. The van der Waals surface area contributed by atoms with E-state index in [2.05, 4.69) is 19.9 Å². The third-order valence-electron chi connectivity index (χ3n) is 4.62. The molecular weight excluding hydrogens is 374 g/mol. The van der Waals surface area contributed by atoms with Crippen molar-refractivity contribution in [2.45, 2.75) is 32.7 Å². The average molecular weight is 395 g/mol. The Balaban J connectivity index is 1.64. The third kappa shape index (κ3) is 3.73. The van der Waals surface area contributed by atoms with Crippen LogP contribution in [-0.2, 0) is 4.74 Å². The lowest BCUT2D eigenvalue weighted by molar-refractivity contribution is 0.0520. The highest BCUT2D eigenvalue weighted by Crippen LogP contribution is 2.37. The Morgan fingerprint density at radius 3 is 2.89 bits per heavy atom. The Morgan fingerprint density at radius 2 is 2.11 bits per heavy atom. The van der Waals surface area contributed by atoms with Gasteiger partial charge in [-0.25, -0.2) is 19.7 Å². The number of ether oxygens (including phenoxy) is 1. The highest BCUT2D eigenvalue weighted by Gasteiger charge is 2.30. The van der Waals surface area contributed by atoms with Crippen molar-refractivity contribution >= 4 is 23.1 Å². The van der Waals surface area contributed by atoms with Gasteiger partial charge in [0.1, 0.15) is 10.8 Å². The molecule has 4 heterocycles. The Bertz CT molecular complexity index is 976. The average Bonchev–Trinajstić information content (AvgIpc) is 3.38. The van der Waals surface area contributed by atoms with E-state index in [4.69, 9.17) is 9.72 Å². The zero-order valence-corrected chi connectivity index (χ0v) is 16.6. The van der Waals surface area contributed by atoms with Crippen molar-refractivity contribution in [1.29, 1.82) is 0 Å². The second-order valence-electron chi connectivity index (χ2n) is 6.57. The summed E-state index contributed by atoms with van der Waals surface area (Å²) in [6.07, 6.45) is 5.51. The van der Waals surface area contributed by atoms with Gasteiger partial charge >= 0.3 is 5.97 Å². The van der Waals surface area contributed by atoms with Gasteiger partial charge in [0, 0.05) is 41.6 Å². The molecule has 3 aromatic rings. The number of carbonyl (C=O) groups excluding carboxylic acids is 1. The van der Waals surface area contributed by atoms with Crippen LogP contribution in [0.2, 0.25) is 0 Å². The summed E-state index contributed by atoms with van der Waals surface area (Å²) in [7, 11) is 0. The maximum absolute atomic E-state index is 12.0.